The SMILES string of the molecule is Cc1nn([C@@H](C)Cn2cncc2-c2cnn(C3CCCCC3)c2)c(C)c1C. The van der Waals surface area contributed by atoms with Crippen LogP contribution in [0.5, 0.6) is 0 Å². The van der Waals surface area contributed by atoms with E-state index in [2.05, 4.69) is 57.9 Å². The summed E-state index contributed by atoms with van der Waals surface area (Å²) in [5.74, 6) is 0. The number of hydrogen-bond donors (Lipinski definition) is 0. The molecule has 1 atom stereocenters. The van der Waals surface area contributed by atoms with Crippen molar-refractivity contribution in [3.63, 3.8) is 0 Å². The van der Waals surface area contributed by atoms with Gasteiger partial charge in [-0.25, -0.2) is 4.98 Å². The van der Waals surface area contributed by atoms with Crippen LogP contribution in [0, 0.1) is 20.8 Å². The minimum absolute atomic E-state index is 0.263. The number of imidazole rings is 1. The van der Waals surface area contributed by atoms with Gasteiger partial charge in [0, 0.05) is 24.0 Å². The first kappa shape index (κ1) is 18.0. The molecule has 0 bridgehead atoms. The quantitative estimate of drug-likeness (QED) is 0.661. The topological polar surface area (TPSA) is 53.5 Å². The van der Waals surface area contributed by atoms with Crippen LogP contribution in [-0.2, 0) is 6.54 Å². The standard InChI is InChI=1S/C21H30N6/c1-15(27-18(4)16(2)17(3)24-27)12-25-14-22-11-21(25)19-10-23-26(13-19)20-8-6-5-7-9-20/h10-11,13-15,20H,5-9,12H2,1-4H3/t15-/m0/s1. The molecule has 0 aliphatic heterocycles. The van der Waals surface area contributed by atoms with Gasteiger partial charge in [-0.1, -0.05) is 19.3 Å². The molecule has 0 radical (unpaired) electrons. The first-order valence-corrected chi connectivity index (χ1v) is 10.1. The zero-order valence-electron chi connectivity index (χ0n) is 16.9. The zero-order chi connectivity index (χ0) is 19.0. The van der Waals surface area contributed by atoms with E-state index in [1.165, 1.54) is 43.4 Å². The fourth-order valence-corrected chi connectivity index (χ4v) is 4.26. The smallest absolute Gasteiger partial charge is 0.0951 e. The number of nitrogens with zero attached hydrogens (tertiary/aromatic N) is 6. The lowest BCUT2D eigenvalue weighted by atomic mass is 9.96. The molecule has 0 saturated heterocycles. The van der Waals surface area contributed by atoms with Gasteiger partial charge in [-0.15, -0.1) is 0 Å². The highest BCUT2D eigenvalue weighted by Gasteiger charge is 2.19. The van der Waals surface area contributed by atoms with Gasteiger partial charge in [0.05, 0.1) is 42.2 Å². The molecule has 6 heteroatoms. The summed E-state index contributed by atoms with van der Waals surface area (Å²) in [6.45, 7) is 9.42. The van der Waals surface area contributed by atoms with Gasteiger partial charge in [0.2, 0.25) is 0 Å². The third kappa shape index (κ3) is 3.45. The molecule has 3 heterocycles. The van der Waals surface area contributed by atoms with Crippen LogP contribution in [0.25, 0.3) is 11.3 Å². The maximum absolute atomic E-state index is 4.72. The molecule has 0 N–H and O–H groups in total. The first-order valence-electron chi connectivity index (χ1n) is 10.1. The van der Waals surface area contributed by atoms with Crippen LogP contribution in [0.3, 0.4) is 0 Å². The van der Waals surface area contributed by atoms with Crippen molar-refractivity contribution in [2.24, 2.45) is 0 Å². The molecule has 144 valence electrons. The molecule has 4 rings (SSSR count). The molecule has 0 aromatic carbocycles. The van der Waals surface area contributed by atoms with Crippen molar-refractivity contribution < 1.29 is 0 Å². The molecular formula is C21H30N6. The largest absolute Gasteiger partial charge is 0.328 e. The maximum atomic E-state index is 4.72. The summed E-state index contributed by atoms with van der Waals surface area (Å²) in [6, 6.07) is 0.819. The number of rotatable bonds is 5. The van der Waals surface area contributed by atoms with Crippen molar-refractivity contribution >= 4 is 0 Å². The van der Waals surface area contributed by atoms with E-state index in [1.807, 2.05) is 18.7 Å². The summed E-state index contributed by atoms with van der Waals surface area (Å²) < 4.78 is 6.53. The molecule has 6 nitrogen and oxygen atoms in total. The van der Waals surface area contributed by atoms with E-state index >= 15 is 0 Å². The Balaban J connectivity index is 1.54. The van der Waals surface area contributed by atoms with E-state index < -0.39 is 0 Å². The molecule has 0 amide bonds. The fraction of sp³-hybridized carbons (Fsp3) is 0.571. The maximum Gasteiger partial charge on any atom is 0.0951 e. The summed E-state index contributed by atoms with van der Waals surface area (Å²) >= 11 is 0. The Kier molecular flexibility index (Phi) is 4.89. The number of hydrogen-bond acceptors (Lipinski definition) is 3. The lowest BCUT2D eigenvalue weighted by Crippen LogP contribution is -2.16. The van der Waals surface area contributed by atoms with Crippen LogP contribution in [0.1, 0.15) is 68.1 Å². The van der Waals surface area contributed by atoms with Crippen molar-refractivity contribution in [3.05, 3.63) is 41.9 Å². The normalized spacial score (nSPS) is 16.7. The Morgan fingerprint density at radius 3 is 2.59 bits per heavy atom. The molecule has 0 spiro atoms. The summed E-state index contributed by atoms with van der Waals surface area (Å²) in [7, 11) is 0. The zero-order valence-corrected chi connectivity index (χ0v) is 16.9. The van der Waals surface area contributed by atoms with Crippen molar-refractivity contribution in [2.75, 3.05) is 0 Å². The molecule has 0 unspecified atom stereocenters. The van der Waals surface area contributed by atoms with Crippen molar-refractivity contribution in [1.82, 2.24) is 29.1 Å². The minimum Gasteiger partial charge on any atom is -0.328 e. The fourth-order valence-electron chi connectivity index (χ4n) is 4.26. The van der Waals surface area contributed by atoms with Gasteiger partial charge in [-0.05, 0) is 46.1 Å². The molecular weight excluding hydrogens is 336 g/mol. The predicted molar refractivity (Wildman–Crippen MR) is 107 cm³/mol. The molecule has 1 aliphatic carbocycles. The lowest BCUT2D eigenvalue weighted by Gasteiger charge is -2.21. The van der Waals surface area contributed by atoms with E-state index in [-0.39, 0.29) is 6.04 Å². The van der Waals surface area contributed by atoms with E-state index in [9.17, 15) is 0 Å². The monoisotopic (exact) mass is 366 g/mol. The molecule has 3 aromatic heterocycles. The Morgan fingerprint density at radius 2 is 1.89 bits per heavy atom. The average Bonchev–Trinajstić information content (AvgIpc) is 3.39. The van der Waals surface area contributed by atoms with Crippen LogP contribution in [-0.4, -0.2) is 29.1 Å². The van der Waals surface area contributed by atoms with Crippen molar-refractivity contribution in [1.29, 1.82) is 0 Å². The van der Waals surface area contributed by atoms with Crippen LogP contribution >= 0.6 is 0 Å². The highest BCUT2D eigenvalue weighted by Crippen LogP contribution is 2.29. The Labute approximate surface area is 161 Å². The summed E-state index contributed by atoms with van der Waals surface area (Å²) in [5.41, 5.74) is 5.91. The highest BCUT2D eigenvalue weighted by molar-refractivity contribution is 5.56. The highest BCUT2D eigenvalue weighted by atomic mass is 15.3. The van der Waals surface area contributed by atoms with Gasteiger partial charge in [0.15, 0.2) is 0 Å². The lowest BCUT2D eigenvalue weighted by molar-refractivity contribution is 0.329. The van der Waals surface area contributed by atoms with Crippen LogP contribution < -0.4 is 0 Å². The van der Waals surface area contributed by atoms with E-state index in [1.54, 1.807) is 0 Å². The summed E-state index contributed by atoms with van der Waals surface area (Å²) in [5, 5.41) is 9.39. The third-order valence-corrected chi connectivity index (χ3v) is 6.12. The van der Waals surface area contributed by atoms with E-state index in [4.69, 9.17) is 5.10 Å². The number of aryl methyl sites for hydroxylation is 1. The van der Waals surface area contributed by atoms with Gasteiger partial charge in [-0.2, -0.15) is 10.2 Å². The second kappa shape index (κ2) is 7.33. The van der Waals surface area contributed by atoms with Gasteiger partial charge in [0.1, 0.15) is 0 Å². The van der Waals surface area contributed by atoms with Gasteiger partial charge in [0.25, 0.3) is 0 Å². The molecule has 1 saturated carbocycles. The minimum atomic E-state index is 0.263. The van der Waals surface area contributed by atoms with Crippen molar-refractivity contribution in [3.8, 4) is 11.3 Å². The second-order valence-electron chi connectivity index (χ2n) is 8.02. The number of aromatic nitrogens is 6. The molecule has 3 aromatic rings. The summed E-state index contributed by atoms with van der Waals surface area (Å²) in [6.07, 6.45) is 14.5. The molecule has 1 aliphatic rings. The van der Waals surface area contributed by atoms with Gasteiger partial charge < -0.3 is 4.57 Å². The molecule has 1 fully saturated rings. The third-order valence-electron chi connectivity index (χ3n) is 6.12. The van der Waals surface area contributed by atoms with E-state index in [0.717, 1.165) is 23.5 Å². The van der Waals surface area contributed by atoms with Crippen molar-refractivity contribution in [2.45, 2.75) is 78.4 Å². The van der Waals surface area contributed by atoms with Gasteiger partial charge in [-0.3, -0.25) is 9.36 Å². The Hall–Kier alpha value is -2.37. The second-order valence-corrected chi connectivity index (χ2v) is 8.02. The Morgan fingerprint density at radius 1 is 1.11 bits per heavy atom. The summed E-state index contributed by atoms with van der Waals surface area (Å²) in [4.78, 5) is 4.41. The average molecular weight is 367 g/mol. The van der Waals surface area contributed by atoms with Crippen LogP contribution in [0.15, 0.2) is 24.9 Å². The van der Waals surface area contributed by atoms with Gasteiger partial charge >= 0.3 is 0 Å². The van der Waals surface area contributed by atoms with E-state index in [0.29, 0.717) is 6.04 Å². The first-order chi connectivity index (χ1) is 13.0. The Bertz CT molecular complexity index is 909. The molecule has 27 heavy (non-hydrogen) atoms. The van der Waals surface area contributed by atoms with Crippen LogP contribution in [0.2, 0.25) is 0 Å². The van der Waals surface area contributed by atoms with Crippen LogP contribution in [0.4, 0.5) is 0 Å². The predicted octanol–water partition coefficient (Wildman–Crippen LogP) is 4.63.